The molecule has 3 rings (SSSR count). The molecule has 0 radical (unpaired) electrons. The smallest absolute Gasteiger partial charge is 0.265 e. The Morgan fingerprint density at radius 2 is 1.79 bits per heavy atom. The largest absolute Gasteiger partial charge is 0.287 e. The van der Waals surface area contributed by atoms with E-state index in [9.17, 15) is 18.8 Å². The second-order valence-corrected chi connectivity index (χ2v) is 5.13. The van der Waals surface area contributed by atoms with Gasteiger partial charge in [-0.25, -0.2) is 14.7 Å². The SMILES string of the molecule is O=C(NN[C@H]1CC(=O)N(c2ccc(F)cc2)C1=O)c1ccncc1. The van der Waals surface area contributed by atoms with Crippen molar-refractivity contribution in [2.45, 2.75) is 12.5 Å². The topological polar surface area (TPSA) is 91.4 Å². The molecular formula is C16H13FN4O3. The van der Waals surface area contributed by atoms with Gasteiger partial charge in [0.2, 0.25) is 5.91 Å². The highest BCUT2D eigenvalue weighted by atomic mass is 19.1. The van der Waals surface area contributed by atoms with Gasteiger partial charge in [0.05, 0.1) is 12.1 Å². The number of halogens is 1. The Kier molecular flexibility index (Phi) is 4.30. The van der Waals surface area contributed by atoms with Crippen molar-refractivity contribution < 1.29 is 18.8 Å². The number of nitrogens with one attached hydrogen (secondary N) is 2. The molecule has 8 heteroatoms. The minimum absolute atomic E-state index is 0.104. The molecule has 1 saturated heterocycles. The number of anilines is 1. The summed E-state index contributed by atoms with van der Waals surface area (Å²) in [6.07, 6.45) is 2.83. The molecule has 1 aromatic carbocycles. The van der Waals surface area contributed by atoms with E-state index in [0.29, 0.717) is 5.56 Å². The van der Waals surface area contributed by atoms with Crippen molar-refractivity contribution in [1.82, 2.24) is 15.8 Å². The van der Waals surface area contributed by atoms with Crippen LogP contribution in [0.2, 0.25) is 0 Å². The Morgan fingerprint density at radius 1 is 1.12 bits per heavy atom. The molecule has 2 aromatic rings. The summed E-state index contributed by atoms with van der Waals surface area (Å²) in [4.78, 5) is 41.1. The van der Waals surface area contributed by atoms with Crippen LogP contribution in [0.4, 0.5) is 10.1 Å². The minimum atomic E-state index is -0.881. The summed E-state index contributed by atoms with van der Waals surface area (Å²) >= 11 is 0. The summed E-state index contributed by atoms with van der Waals surface area (Å²) in [6.45, 7) is 0. The van der Waals surface area contributed by atoms with Crippen molar-refractivity contribution in [2.24, 2.45) is 0 Å². The van der Waals surface area contributed by atoms with Gasteiger partial charge in [-0.15, -0.1) is 0 Å². The van der Waals surface area contributed by atoms with Crippen LogP contribution < -0.4 is 15.8 Å². The first kappa shape index (κ1) is 15.8. The molecule has 0 aliphatic carbocycles. The van der Waals surface area contributed by atoms with Crippen LogP contribution in [0.15, 0.2) is 48.8 Å². The highest BCUT2D eigenvalue weighted by Gasteiger charge is 2.39. The zero-order chi connectivity index (χ0) is 17.1. The van der Waals surface area contributed by atoms with Crippen LogP contribution in [0.25, 0.3) is 0 Å². The number of hydrogen-bond donors (Lipinski definition) is 2. The van der Waals surface area contributed by atoms with Gasteiger partial charge in [-0.05, 0) is 36.4 Å². The number of carbonyl (C=O) groups excluding carboxylic acids is 3. The molecule has 24 heavy (non-hydrogen) atoms. The van der Waals surface area contributed by atoms with Crippen LogP contribution in [0.3, 0.4) is 0 Å². The Morgan fingerprint density at radius 3 is 2.46 bits per heavy atom. The fourth-order valence-corrected chi connectivity index (χ4v) is 2.33. The number of amides is 3. The van der Waals surface area contributed by atoms with E-state index < -0.39 is 29.6 Å². The van der Waals surface area contributed by atoms with E-state index in [1.807, 2.05) is 0 Å². The minimum Gasteiger partial charge on any atom is -0.287 e. The van der Waals surface area contributed by atoms with E-state index in [-0.39, 0.29) is 12.1 Å². The van der Waals surface area contributed by atoms with E-state index in [4.69, 9.17) is 0 Å². The van der Waals surface area contributed by atoms with Crippen molar-refractivity contribution in [1.29, 1.82) is 0 Å². The maximum atomic E-state index is 13.0. The number of hydrogen-bond acceptors (Lipinski definition) is 5. The molecule has 2 N–H and O–H groups in total. The number of pyridine rings is 1. The molecule has 2 heterocycles. The lowest BCUT2D eigenvalue weighted by molar-refractivity contribution is -0.121. The van der Waals surface area contributed by atoms with Gasteiger partial charge in [0.1, 0.15) is 11.9 Å². The summed E-state index contributed by atoms with van der Waals surface area (Å²) in [5.41, 5.74) is 5.62. The van der Waals surface area contributed by atoms with Crippen molar-refractivity contribution in [3.05, 3.63) is 60.2 Å². The third-order valence-corrected chi connectivity index (χ3v) is 3.53. The van der Waals surface area contributed by atoms with Crippen LogP contribution in [-0.4, -0.2) is 28.7 Å². The summed E-state index contributed by atoms with van der Waals surface area (Å²) in [5.74, 6) is -1.85. The van der Waals surface area contributed by atoms with E-state index >= 15 is 0 Å². The van der Waals surface area contributed by atoms with Crippen LogP contribution in [0.5, 0.6) is 0 Å². The average molecular weight is 328 g/mol. The van der Waals surface area contributed by atoms with E-state index in [2.05, 4.69) is 15.8 Å². The Hall–Kier alpha value is -3.13. The number of carbonyl (C=O) groups is 3. The molecule has 1 atom stereocenters. The molecule has 0 saturated carbocycles. The third-order valence-electron chi connectivity index (χ3n) is 3.53. The lowest BCUT2D eigenvalue weighted by Crippen LogP contribution is -2.48. The van der Waals surface area contributed by atoms with Crippen LogP contribution in [0, 0.1) is 5.82 Å². The molecule has 1 aromatic heterocycles. The lowest BCUT2D eigenvalue weighted by atomic mass is 10.2. The molecule has 1 aliphatic rings. The molecule has 1 fully saturated rings. The molecule has 7 nitrogen and oxygen atoms in total. The van der Waals surface area contributed by atoms with Crippen molar-refractivity contribution in [3.8, 4) is 0 Å². The summed E-state index contributed by atoms with van der Waals surface area (Å²) in [5, 5.41) is 0. The third kappa shape index (κ3) is 3.13. The van der Waals surface area contributed by atoms with Crippen LogP contribution >= 0.6 is 0 Å². The highest BCUT2D eigenvalue weighted by molar-refractivity contribution is 6.22. The predicted molar refractivity (Wildman–Crippen MR) is 82.1 cm³/mol. The Labute approximate surface area is 136 Å². The number of nitrogens with zero attached hydrogens (tertiary/aromatic N) is 2. The number of benzene rings is 1. The fraction of sp³-hybridized carbons (Fsp3) is 0.125. The van der Waals surface area contributed by atoms with E-state index in [1.165, 1.54) is 48.8 Å². The van der Waals surface area contributed by atoms with Crippen molar-refractivity contribution in [3.63, 3.8) is 0 Å². The maximum Gasteiger partial charge on any atom is 0.265 e. The molecule has 1 aliphatic heterocycles. The fourth-order valence-electron chi connectivity index (χ4n) is 2.33. The quantitative estimate of drug-likeness (QED) is 0.639. The van der Waals surface area contributed by atoms with Gasteiger partial charge in [0, 0.05) is 18.0 Å². The zero-order valence-corrected chi connectivity index (χ0v) is 12.4. The van der Waals surface area contributed by atoms with E-state index in [1.54, 1.807) is 0 Å². The number of aromatic nitrogens is 1. The Bertz CT molecular complexity index is 780. The lowest BCUT2D eigenvalue weighted by Gasteiger charge is -2.15. The van der Waals surface area contributed by atoms with Gasteiger partial charge in [-0.2, -0.15) is 0 Å². The molecule has 122 valence electrons. The summed E-state index contributed by atoms with van der Waals surface area (Å²) in [7, 11) is 0. The summed E-state index contributed by atoms with van der Waals surface area (Å²) < 4.78 is 13.0. The monoisotopic (exact) mass is 328 g/mol. The van der Waals surface area contributed by atoms with Gasteiger partial charge in [0.25, 0.3) is 11.8 Å². The van der Waals surface area contributed by atoms with Crippen LogP contribution in [-0.2, 0) is 9.59 Å². The first-order valence-corrected chi connectivity index (χ1v) is 7.14. The van der Waals surface area contributed by atoms with Gasteiger partial charge < -0.3 is 0 Å². The average Bonchev–Trinajstić information content (AvgIpc) is 2.88. The zero-order valence-electron chi connectivity index (χ0n) is 12.4. The van der Waals surface area contributed by atoms with Crippen molar-refractivity contribution in [2.75, 3.05) is 4.90 Å². The van der Waals surface area contributed by atoms with Crippen molar-refractivity contribution >= 4 is 23.4 Å². The maximum absolute atomic E-state index is 13.0. The number of imide groups is 1. The second-order valence-electron chi connectivity index (χ2n) is 5.13. The van der Waals surface area contributed by atoms with Gasteiger partial charge >= 0.3 is 0 Å². The van der Waals surface area contributed by atoms with Gasteiger partial charge in [-0.1, -0.05) is 0 Å². The molecule has 0 bridgehead atoms. The molecule has 0 spiro atoms. The summed E-state index contributed by atoms with van der Waals surface area (Å²) in [6, 6.07) is 7.19. The normalized spacial score (nSPS) is 17.2. The standard InChI is InChI=1S/C16H13FN4O3/c17-11-1-3-12(4-2-11)21-14(22)9-13(16(21)24)19-20-15(23)10-5-7-18-8-6-10/h1-8,13,19H,9H2,(H,20,23)/t13-/m0/s1. The number of hydrazine groups is 1. The van der Waals surface area contributed by atoms with Crippen LogP contribution in [0.1, 0.15) is 16.8 Å². The Balaban J connectivity index is 1.66. The first-order valence-electron chi connectivity index (χ1n) is 7.14. The molecule has 3 amide bonds. The molecular weight excluding hydrogens is 315 g/mol. The molecule has 0 unspecified atom stereocenters. The van der Waals surface area contributed by atoms with Gasteiger partial charge in [0.15, 0.2) is 0 Å². The van der Waals surface area contributed by atoms with Gasteiger partial charge in [-0.3, -0.25) is 24.8 Å². The number of rotatable bonds is 4. The first-order chi connectivity index (χ1) is 11.6. The van der Waals surface area contributed by atoms with E-state index in [0.717, 1.165) is 4.90 Å². The highest BCUT2D eigenvalue weighted by Crippen LogP contribution is 2.22. The second kappa shape index (κ2) is 6.55. The predicted octanol–water partition coefficient (Wildman–Crippen LogP) is 0.787.